The van der Waals surface area contributed by atoms with Crippen LogP contribution in [0.4, 0.5) is 29.7 Å². The molecule has 1 saturated carbocycles. The summed E-state index contributed by atoms with van der Waals surface area (Å²) >= 11 is 0. The fraction of sp³-hybridized carbons (Fsp3) is 0.520. The van der Waals surface area contributed by atoms with Crippen LogP contribution in [0.25, 0.3) is 0 Å². The largest absolute Gasteiger partial charge is 0.408 e. The summed E-state index contributed by atoms with van der Waals surface area (Å²) in [6.45, 7) is 3.83. The minimum absolute atomic E-state index is 0.0973. The Bertz CT molecular complexity index is 1090. The number of halogens is 3. The Morgan fingerprint density at radius 3 is 2.32 bits per heavy atom. The number of nitrogens with zero attached hydrogens (tertiary/aromatic N) is 5. The number of nitrogens with one attached hydrogen (secondary N) is 1. The quantitative estimate of drug-likeness (QED) is 0.559. The Morgan fingerprint density at radius 2 is 1.82 bits per heavy atom. The summed E-state index contributed by atoms with van der Waals surface area (Å²) in [6.07, 6.45) is 2.59. The number of nitrogen functional groups attached to an aromatic ring is 1. The molecule has 13 heteroatoms. The fourth-order valence-electron chi connectivity index (χ4n) is 4.57. The number of alkyl halides is 3. The zero-order valence-electron chi connectivity index (χ0n) is 21.3. The highest BCUT2D eigenvalue weighted by Gasteiger charge is 2.51. The number of urea groups is 1. The van der Waals surface area contributed by atoms with E-state index in [1.165, 1.54) is 17.3 Å². The van der Waals surface area contributed by atoms with Gasteiger partial charge in [-0.25, -0.2) is 19.7 Å². The van der Waals surface area contributed by atoms with Crippen LogP contribution in [-0.2, 0) is 9.59 Å². The van der Waals surface area contributed by atoms with Crippen LogP contribution in [0.5, 0.6) is 0 Å². The van der Waals surface area contributed by atoms with Crippen molar-refractivity contribution in [2.24, 2.45) is 5.92 Å². The lowest BCUT2D eigenvalue weighted by atomic mass is 9.83. The van der Waals surface area contributed by atoms with E-state index in [1.807, 2.05) is 24.4 Å². The summed E-state index contributed by atoms with van der Waals surface area (Å²) in [6, 6.07) is 0.895. The van der Waals surface area contributed by atoms with E-state index >= 15 is 0 Å². The first-order chi connectivity index (χ1) is 18.0. The lowest BCUT2D eigenvalue weighted by Crippen LogP contribution is -2.66. The maximum absolute atomic E-state index is 13.6. The van der Waals surface area contributed by atoms with E-state index in [0.717, 1.165) is 12.0 Å². The number of amides is 4. The molecule has 4 rings (SSSR count). The fourth-order valence-corrected chi connectivity index (χ4v) is 4.57. The van der Waals surface area contributed by atoms with Gasteiger partial charge in [-0.15, -0.1) is 0 Å². The zero-order valence-corrected chi connectivity index (χ0v) is 21.3. The average Bonchev–Trinajstić information content (AvgIpc) is 2.87. The van der Waals surface area contributed by atoms with Gasteiger partial charge in [0.25, 0.3) is 5.91 Å². The van der Waals surface area contributed by atoms with Crippen molar-refractivity contribution in [3.05, 3.63) is 42.4 Å². The number of carbonyl (C=O) groups is 3. The van der Waals surface area contributed by atoms with Gasteiger partial charge in [0.15, 0.2) is 0 Å². The summed E-state index contributed by atoms with van der Waals surface area (Å²) in [5, 5.41) is 1.98. The molecule has 0 radical (unpaired) electrons. The highest BCUT2D eigenvalue weighted by Crippen LogP contribution is 2.35. The van der Waals surface area contributed by atoms with Crippen LogP contribution in [-0.4, -0.2) is 62.5 Å². The lowest BCUT2D eigenvalue weighted by molar-refractivity contribution is -0.169. The van der Waals surface area contributed by atoms with E-state index in [9.17, 15) is 27.6 Å². The van der Waals surface area contributed by atoms with E-state index in [0.29, 0.717) is 36.4 Å². The number of nitrogens with two attached hydrogens (primary N) is 1. The molecule has 1 aliphatic heterocycles. The standard InChI is InChI=1S/C19H24F3N5O3.C6H8N2/c1-2-26(17-23-9-6-10-24-17)16(29)13-11-14(28)27(13)18(30)25-15(19(20,21)22)12-7-4-3-5-8-12;1-5-2-3-8-6(7)4-5/h6,9-10,12-13,15H,2-5,7-8,11H2,1H3,(H,25,30);2-4H,1H3,(H2,7,8). The van der Waals surface area contributed by atoms with Gasteiger partial charge in [0.05, 0.1) is 6.42 Å². The summed E-state index contributed by atoms with van der Waals surface area (Å²) in [5.41, 5.74) is 6.50. The first-order valence-corrected chi connectivity index (χ1v) is 12.5. The predicted molar refractivity (Wildman–Crippen MR) is 134 cm³/mol. The van der Waals surface area contributed by atoms with Gasteiger partial charge in [-0.2, -0.15) is 13.2 Å². The van der Waals surface area contributed by atoms with E-state index in [1.54, 1.807) is 19.2 Å². The number of imide groups is 1. The third kappa shape index (κ3) is 7.17. The number of pyridine rings is 1. The minimum atomic E-state index is -4.64. The first-order valence-electron chi connectivity index (χ1n) is 12.5. The topological polar surface area (TPSA) is 134 Å². The zero-order chi connectivity index (χ0) is 27.9. The van der Waals surface area contributed by atoms with Crippen molar-refractivity contribution < 1.29 is 27.6 Å². The molecule has 1 aliphatic carbocycles. The van der Waals surface area contributed by atoms with Gasteiger partial charge in [0.2, 0.25) is 11.9 Å². The second-order valence-corrected chi connectivity index (χ2v) is 9.24. The van der Waals surface area contributed by atoms with Crippen LogP contribution < -0.4 is 16.0 Å². The molecule has 3 N–H and O–H groups in total. The van der Waals surface area contributed by atoms with Crippen molar-refractivity contribution in [1.82, 2.24) is 25.2 Å². The summed E-state index contributed by atoms with van der Waals surface area (Å²) in [7, 11) is 0. The molecular formula is C25H32F3N7O3. The molecule has 2 aromatic heterocycles. The van der Waals surface area contributed by atoms with Gasteiger partial charge < -0.3 is 11.1 Å². The van der Waals surface area contributed by atoms with E-state index in [4.69, 9.17) is 5.73 Å². The smallest absolute Gasteiger partial charge is 0.384 e. The third-order valence-electron chi connectivity index (χ3n) is 6.52. The number of anilines is 2. The van der Waals surface area contributed by atoms with Crippen molar-refractivity contribution >= 4 is 29.6 Å². The molecule has 38 heavy (non-hydrogen) atoms. The molecule has 10 nitrogen and oxygen atoms in total. The number of hydrogen-bond donors (Lipinski definition) is 2. The van der Waals surface area contributed by atoms with Crippen LogP contribution in [0, 0.1) is 12.8 Å². The van der Waals surface area contributed by atoms with Crippen molar-refractivity contribution in [3.8, 4) is 0 Å². The first kappa shape index (κ1) is 28.8. The molecule has 1 saturated heterocycles. The number of rotatable bonds is 5. The molecule has 2 aliphatic rings. The predicted octanol–water partition coefficient (Wildman–Crippen LogP) is 3.62. The van der Waals surface area contributed by atoms with Gasteiger partial charge in [-0.1, -0.05) is 19.3 Å². The van der Waals surface area contributed by atoms with Gasteiger partial charge in [0, 0.05) is 25.1 Å². The number of aromatic nitrogens is 3. The number of β-lactam (4-membered cyclic amide) rings is 1. The Morgan fingerprint density at radius 1 is 1.16 bits per heavy atom. The highest BCUT2D eigenvalue weighted by atomic mass is 19.4. The minimum Gasteiger partial charge on any atom is -0.384 e. The monoisotopic (exact) mass is 535 g/mol. The van der Waals surface area contributed by atoms with Crippen LogP contribution in [0.15, 0.2) is 36.8 Å². The normalized spacial score (nSPS) is 18.5. The Kier molecular flexibility index (Phi) is 9.59. The maximum Gasteiger partial charge on any atom is 0.408 e. The van der Waals surface area contributed by atoms with Crippen molar-refractivity contribution in [2.45, 2.75) is 70.6 Å². The molecule has 206 valence electrons. The van der Waals surface area contributed by atoms with Crippen LogP contribution in [0.2, 0.25) is 0 Å². The highest BCUT2D eigenvalue weighted by molar-refractivity contribution is 6.10. The lowest BCUT2D eigenvalue weighted by Gasteiger charge is -2.41. The van der Waals surface area contributed by atoms with Crippen molar-refractivity contribution in [3.63, 3.8) is 0 Å². The molecule has 2 aromatic rings. The molecule has 2 atom stereocenters. The van der Waals surface area contributed by atoms with E-state index in [2.05, 4.69) is 15.0 Å². The maximum atomic E-state index is 13.6. The Hall–Kier alpha value is -3.77. The van der Waals surface area contributed by atoms with Crippen molar-refractivity contribution in [2.75, 3.05) is 17.2 Å². The molecule has 0 spiro atoms. The second-order valence-electron chi connectivity index (χ2n) is 9.24. The average molecular weight is 536 g/mol. The number of likely N-dealkylation sites (N-methyl/N-ethyl adjacent to an activating group) is 1. The van der Waals surface area contributed by atoms with Gasteiger partial charge in [-0.3, -0.25) is 19.4 Å². The number of hydrogen-bond acceptors (Lipinski definition) is 7. The summed E-state index contributed by atoms with van der Waals surface area (Å²) in [4.78, 5) is 51.0. The molecule has 2 fully saturated rings. The van der Waals surface area contributed by atoms with Crippen molar-refractivity contribution in [1.29, 1.82) is 0 Å². The molecule has 0 aromatic carbocycles. The second kappa shape index (κ2) is 12.7. The molecular weight excluding hydrogens is 503 g/mol. The van der Waals surface area contributed by atoms with Crippen LogP contribution in [0.3, 0.4) is 0 Å². The summed E-state index contributed by atoms with van der Waals surface area (Å²) < 4.78 is 40.8. The molecule has 3 heterocycles. The van der Waals surface area contributed by atoms with E-state index in [-0.39, 0.29) is 18.9 Å². The summed E-state index contributed by atoms with van der Waals surface area (Å²) in [5.74, 6) is -1.36. The molecule has 2 unspecified atom stereocenters. The number of likely N-dealkylation sites (tertiary alicyclic amines) is 1. The third-order valence-corrected chi connectivity index (χ3v) is 6.52. The van der Waals surface area contributed by atoms with Gasteiger partial charge in [0.1, 0.15) is 17.9 Å². The van der Waals surface area contributed by atoms with Crippen LogP contribution >= 0.6 is 0 Å². The Labute approximate surface area is 218 Å². The van der Waals surface area contributed by atoms with Gasteiger partial charge in [-0.05, 0) is 56.4 Å². The molecule has 0 bridgehead atoms. The van der Waals surface area contributed by atoms with E-state index < -0.39 is 42.0 Å². The van der Waals surface area contributed by atoms with Crippen LogP contribution in [0.1, 0.15) is 51.0 Å². The Balaban J connectivity index is 0.000000427. The van der Waals surface area contributed by atoms with Gasteiger partial charge >= 0.3 is 12.2 Å². The number of aryl methyl sites for hydroxylation is 1. The number of carbonyl (C=O) groups excluding carboxylic acids is 3. The molecule has 4 amide bonds. The SMILES string of the molecule is CCN(C(=O)C1CC(=O)N1C(=O)NC(C1CCCCC1)C(F)(F)F)c1ncccn1.Cc1ccnc(N)c1.